The lowest BCUT2D eigenvalue weighted by Crippen LogP contribution is -2.00. The lowest BCUT2D eigenvalue weighted by Gasteiger charge is -2.12. The predicted molar refractivity (Wildman–Crippen MR) is 240 cm³/mol. The molecule has 0 bridgehead atoms. The zero-order chi connectivity index (χ0) is 38.4. The fourth-order valence-corrected chi connectivity index (χ4v) is 9.17. The molecule has 58 heavy (non-hydrogen) atoms. The standard InChI is InChI=1S/C52H33N5S/c1-5-16-34(17-6-1)36-28-30-38(31-29-36)50-54-49(37-20-9-3-10-21-37)55-51(56-50)42-25-15-24-41-43-32-39(35-18-7-2-8-19-35)33-44(48(43)58-47(41)42)52-53-45-26-13-14-27-46(45)57(52)40-22-11-4-12-23-40/h1-33H. The molecule has 0 radical (unpaired) electrons. The summed E-state index contributed by atoms with van der Waals surface area (Å²) in [6.07, 6.45) is 0. The van der Waals surface area contributed by atoms with Crippen LogP contribution in [-0.2, 0) is 0 Å². The third-order valence-corrected chi connectivity index (χ3v) is 12.0. The summed E-state index contributed by atoms with van der Waals surface area (Å²) in [6.45, 7) is 0. The number of fused-ring (bicyclic) bond motifs is 4. The third kappa shape index (κ3) is 5.95. The van der Waals surface area contributed by atoms with Gasteiger partial charge in [0.25, 0.3) is 0 Å². The number of imidazole rings is 1. The number of thiophene rings is 1. The molecular weight excluding hydrogens is 727 g/mol. The van der Waals surface area contributed by atoms with Gasteiger partial charge in [0.05, 0.1) is 11.0 Å². The zero-order valence-corrected chi connectivity index (χ0v) is 32.0. The zero-order valence-electron chi connectivity index (χ0n) is 31.2. The molecule has 0 saturated heterocycles. The van der Waals surface area contributed by atoms with Gasteiger partial charge < -0.3 is 0 Å². The molecule has 11 rings (SSSR count). The summed E-state index contributed by atoms with van der Waals surface area (Å²) in [7, 11) is 0. The highest BCUT2D eigenvalue weighted by atomic mass is 32.1. The first-order chi connectivity index (χ1) is 28.7. The lowest BCUT2D eigenvalue weighted by molar-refractivity contribution is 1.08. The molecule has 0 atom stereocenters. The van der Waals surface area contributed by atoms with E-state index in [0.29, 0.717) is 17.5 Å². The second kappa shape index (κ2) is 14.2. The molecule has 0 aliphatic heterocycles. The summed E-state index contributed by atoms with van der Waals surface area (Å²) >= 11 is 1.77. The van der Waals surface area contributed by atoms with E-state index in [0.717, 1.165) is 76.3 Å². The second-order valence-corrected chi connectivity index (χ2v) is 15.3. The SMILES string of the molecule is c1ccc(-c2ccc(-c3nc(-c4ccccc4)nc(-c4cccc5c4sc4c(-c6nc7ccccc7n6-c6ccccc6)cc(-c6ccccc6)cc45)n3)cc2)cc1. The molecule has 0 unspecified atom stereocenters. The summed E-state index contributed by atoms with van der Waals surface area (Å²) in [5, 5.41) is 2.31. The second-order valence-electron chi connectivity index (χ2n) is 14.3. The van der Waals surface area contributed by atoms with Gasteiger partial charge in [0.2, 0.25) is 0 Å². The molecule has 0 aliphatic rings. The smallest absolute Gasteiger partial charge is 0.165 e. The number of hydrogen-bond donors (Lipinski definition) is 0. The molecule has 8 aromatic carbocycles. The van der Waals surface area contributed by atoms with Crippen molar-refractivity contribution in [2.24, 2.45) is 0 Å². The van der Waals surface area contributed by atoms with Gasteiger partial charge in [-0.1, -0.05) is 158 Å². The van der Waals surface area contributed by atoms with Crippen LogP contribution < -0.4 is 0 Å². The average molecular weight is 760 g/mol. The minimum atomic E-state index is 0.630. The van der Waals surface area contributed by atoms with Crippen molar-refractivity contribution in [3.8, 4) is 73.5 Å². The normalized spacial score (nSPS) is 11.4. The molecule has 272 valence electrons. The van der Waals surface area contributed by atoms with E-state index in [9.17, 15) is 0 Å². The van der Waals surface area contributed by atoms with E-state index in [2.05, 4.69) is 180 Å². The highest BCUT2D eigenvalue weighted by Crippen LogP contribution is 2.46. The number of aromatic nitrogens is 5. The van der Waals surface area contributed by atoms with Gasteiger partial charge in [-0.2, -0.15) is 0 Å². The molecular formula is C52H33N5S. The minimum absolute atomic E-state index is 0.630. The highest BCUT2D eigenvalue weighted by molar-refractivity contribution is 7.26. The third-order valence-electron chi connectivity index (χ3n) is 10.7. The maximum atomic E-state index is 5.35. The Bertz CT molecular complexity index is 3250. The van der Waals surface area contributed by atoms with Crippen molar-refractivity contribution in [2.45, 2.75) is 0 Å². The quantitative estimate of drug-likeness (QED) is 0.162. The van der Waals surface area contributed by atoms with Crippen LogP contribution in [0.2, 0.25) is 0 Å². The molecule has 11 aromatic rings. The Balaban J connectivity index is 1.15. The van der Waals surface area contributed by atoms with E-state index in [1.165, 1.54) is 10.9 Å². The van der Waals surface area contributed by atoms with E-state index < -0.39 is 0 Å². The predicted octanol–water partition coefficient (Wildman–Crippen LogP) is 13.6. The van der Waals surface area contributed by atoms with Gasteiger partial charge in [-0.15, -0.1) is 11.3 Å². The summed E-state index contributed by atoms with van der Waals surface area (Å²) < 4.78 is 4.56. The topological polar surface area (TPSA) is 56.5 Å². The molecule has 0 fully saturated rings. The molecule has 3 heterocycles. The van der Waals surface area contributed by atoms with Crippen LogP contribution in [0.5, 0.6) is 0 Å². The van der Waals surface area contributed by atoms with Gasteiger partial charge >= 0.3 is 0 Å². The first kappa shape index (κ1) is 33.8. The minimum Gasteiger partial charge on any atom is -0.292 e. The van der Waals surface area contributed by atoms with Crippen molar-refractivity contribution in [3.05, 3.63) is 200 Å². The van der Waals surface area contributed by atoms with Crippen molar-refractivity contribution in [1.29, 1.82) is 0 Å². The first-order valence-electron chi connectivity index (χ1n) is 19.3. The largest absolute Gasteiger partial charge is 0.292 e. The van der Waals surface area contributed by atoms with Gasteiger partial charge in [0, 0.05) is 48.1 Å². The molecule has 0 spiro atoms. The number of para-hydroxylation sites is 3. The van der Waals surface area contributed by atoms with Crippen LogP contribution in [-0.4, -0.2) is 24.5 Å². The van der Waals surface area contributed by atoms with Crippen molar-refractivity contribution in [1.82, 2.24) is 24.5 Å². The molecule has 5 nitrogen and oxygen atoms in total. The summed E-state index contributed by atoms with van der Waals surface area (Å²) in [5.41, 5.74) is 11.6. The van der Waals surface area contributed by atoms with Crippen molar-refractivity contribution in [3.63, 3.8) is 0 Å². The Kier molecular flexibility index (Phi) is 8.26. The van der Waals surface area contributed by atoms with Gasteiger partial charge in [-0.25, -0.2) is 19.9 Å². The average Bonchev–Trinajstić information content (AvgIpc) is 3.89. The Labute approximate surface area is 339 Å². The fraction of sp³-hybridized carbons (Fsp3) is 0. The molecule has 0 saturated carbocycles. The Morgan fingerprint density at radius 3 is 1.55 bits per heavy atom. The van der Waals surface area contributed by atoms with E-state index >= 15 is 0 Å². The van der Waals surface area contributed by atoms with Crippen LogP contribution in [0, 0.1) is 0 Å². The van der Waals surface area contributed by atoms with Gasteiger partial charge in [-0.05, 0) is 64.7 Å². The van der Waals surface area contributed by atoms with Gasteiger partial charge in [0.1, 0.15) is 5.82 Å². The van der Waals surface area contributed by atoms with E-state index in [4.69, 9.17) is 19.9 Å². The lowest BCUT2D eigenvalue weighted by atomic mass is 9.98. The van der Waals surface area contributed by atoms with E-state index in [1.54, 1.807) is 11.3 Å². The number of rotatable bonds is 7. The van der Waals surface area contributed by atoms with Crippen molar-refractivity contribution in [2.75, 3.05) is 0 Å². The Morgan fingerprint density at radius 2 is 0.862 bits per heavy atom. The number of nitrogens with zero attached hydrogens (tertiary/aromatic N) is 5. The van der Waals surface area contributed by atoms with Crippen molar-refractivity contribution < 1.29 is 0 Å². The molecule has 0 amide bonds. The monoisotopic (exact) mass is 759 g/mol. The van der Waals surface area contributed by atoms with Crippen LogP contribution in [0.4, 0.5) is 0 Å². The van der Waals surface area contributed by atoms with Crippen LogP contribution in [0.3, 0.4) is 0 Å². The highest BCUT2D eigenvalue weighted by Gasteiger charge is 2.22. The molecule has 3 aromatic heterocycles. The van der Waals surface area contributed by atoms with Gasteiger partial charge in [-0.3, -0.25) is 4.57 Å². The Morgan fingerprint density at radius 1 is 0.345 bits per heavy atom. The molecule has 6 heteroatoms. The number of hydrogen-bond acceptors (Lipinski definition) is 5. The molecule has 0 aliphatic carbocycles. The summed E-state index contributed by atoms with van der Waals surface area (Å²) in [5.74, 6) is 2.80. The maximum absolute atomic E-state index is 5.35. The van der Waals surface area contributed by atoms with Crippen LogP contribution in [0.25, 0.3) is 105 Å². The van der Waals surface area contributed by atoms with Crippen LogP contribution >= 0.6 is 11.3 Å². The van der Waals surface area contributed by atoms with Crippen LogP contribution in [0.1, 0.15) is 0 Å². The van der Waals surface area contributed by atoms with Crippen molar-refractivity contribution >= 4 is 42.5 Å². The number of benzene rings is 8. The van der Waals surface area contributed by atoms with E-state index in [1.807, 2.05) is 24.3 Å². The van der Waals surface area contributed by atoms with Gasteiger partial charge in [0.15, 0.2) is 17.5 Å². The van der Waals surface area contributed by atoms with Crippen LogP contribution in [0.15, 0.2) is 200 Å². The molecule has 0 N–H and O–H groups in total. The fourth-order valence-electron chi connectivity index (χ4n) is 7.87. The summed E-state index contributed by atoms with van der Waals surface area (Å²) in [4.78, 5) is 20.8. The van der Waals surface area contributed by atoms with E-state index in [-0.39, 0.29) is 0 Å². The Hall–Kier alpha value is -7.54. The maximum Gasteiger partial charge on any atom is 0.165 e. The summed E-state index contributed by atoms with van der Waals surface area (Å²) in [6, 6.07) is 69.7. The first-order valence-corrected chi connectivity index (χ1v) is 20.1.